The summed E-state index contributed by atoms with van der Waals surface area (Å²) in [7, 11) is 2.14. The molecule has 0 unspecified atom stereocenters. The van der Waals surface area contributed by atoms with Crippen molar-refractivity contribution in [1.82, 2.24) is 19.9 Å². The van der Waals surface area contributed by atoms with E-state index in [4.69, 9.17) is 26.8 Å². The van der Waals surface area contributed by atoms with E-state index in [2.05, 4.69) is 32.2 Å². The van der Waals surface area contributed by atoms with Gasteiger partial charge in [0.15, 0.2) is 5.13 Å². The summed E-state index contributed by atoms with van der Waals surface area (Å²) in [5, 5.41) is 7.08. The molecule has 0 saturated carbocycles. The Kier molecular flexibility index (Phi) is 6.66. The van der Waals surface area contributed by atoms with Crippen molar-refractivity contribution in [3.63, 3.8) is 0 Å². The highest BCUT2D eigenvalue weighted by atomic mass is 35.5. The molecule has 0 amide bonds. The maximum atomic E-state index is 6.49. The summed E-state index contributed by atoms with van der Waals surface area (Å²) in [6.45, 7) is 2.36. The second-order valence-corrected chi connectivity index (χ2v) is 9.53. The third kappa shape index (κ3) is 5.16. The number of thiazole rings is 1. The monoisotopic (exact) mass is 496 g/mol. The van der Waals surface area contributed by atoms with Crippen LogP contribution in [0.5, 0.6) is 11.5 Å². The molecule has 0 radical (unpaired) electrons. The smallest absolute Gasteiger partial charge is 0.180 e. The maximum absolute atomic E-state index is 6.49. The van der Waals surface area contributed by atoms with Crippen LogP contribution < -0.4 is 20.5 Å². The van der Waals surface area contributed by atoms with Crippen molar-refractivity contribution in [3.8, 4) is 11.5 Å². The van der Waals surface area contributed by atoms with Crippen LogP contribution in [0.2, 0.25) is 5.02 Å². The van der Waals surface area contributed by atoms with E-state index in [1.807, 2.05) is 35.7 Å². The zero-order valence-corrected chi connectivity index (χ0v) is 20.3. The summed E-state index contributed by atoms with van der Waals surface area (Å²) in [5.41, 5.74) is 8.04. The second-order valence-electron chi connectivity index (χ2n) is 8.23. The van der Waals surface area contributed by atoms with Gasteiger partial charge in [-0.25, -0.2) is 15.0 Å². The zero-order chi connectivity index (χ0) is 23.5. The lowest BCUT2D eigenvalue weighted by Gasteiger charge is -2.29. The highest BCUT2D eigenvalue weighted by Gasteiger charge is 2.20. The first-order valence-electron chi connectivity index (χ1n) is 11.0. The van der Waals surface area contributed by atoms with E-state index in [1.54, 1.807) is 12.4 Å². The van der Waals surface area contributed by atoms with Gasteiger partial charge in [-0.1, -0.05) is 17.7 Å². The van der Waals surface area contributed by atoms with Crippen LogP contribution in [0.1, 0.15) is 18.5 Å². The number of nitrogen functional groups attached to an aromatic ring is 1. The van der Waals surface area contributed by atoms with Gasteiger partial charge in [0.25, 0.3) is 0 Å². The van der Waals surface area contributed by atoms with Crippen molar-refractivity contribution in [1.29, 1.82) is 0 Å². The normalized spacial score (nSPS) is 14.9. The molecule has 0 atom stereocenters. The van der Waals surface area contributed by atoms with E-state index >= 15 is 0 Å². The van der Waals surface area contributed by atoms with Crippen molar-refractivity contribution in [3.05, 3.63) is 58.8 Å². The molecule has 1 saturated heterocycles. The number of aromatic nitrogens is 3. The van der Waals surface area contributed by atoms with E-state index < -0.39 is 0 Å². The van der Waals surface area contributed by atoms with E-state index in [9.17, 15) is 0 Å². The minimum Gasteiger partial charge on any atom is -0.489 e. The fraction of sp³-hybridized carbons (Fsp3) is 0.292. The first-order valence-corrected chi connectivity index (χ1v) is 12.3. The van der Waals surface area contributed by atoms with Crippen molar-refractivity contribution < 1.29 is 9.47 Å². The second kappa shape index (κ2) is 10.0. The van der Waals surface area contributed by atoms with Crippen LogP contribution in [0.25, 0.3) is 10.9 Å². The number of piperidine rings is 1. The molecule has 3 N–H and O–H groups in total. The number of hydrogen-bond acceptors (Lipinski definition) is 9. The molecule has 3 heterocycles. The molecule has 2 aromatic heterocycles. The van der Waals surface area contributed by atoms with E-state index in [0.29, 0.717) is 28.3 Å². The molecule has 1 aliphatic heterocycles. The van der Waals surface area contributed by atoms with Crippen molar-refractivity contribution in [2.24, 2.45) is 0 Å². The van der Waals surface area contributed by atoms with Gasteiger partial charge in [-0.3, -0.25) is 0 Å². The number of hydrogen-bond donors (Lipinski definition) is 2. The minimum atomic E-state index is 0.175. The SMILES string of the molecule is CN1CCC(Oc2cccc3ncnc(Nc4ccc(OCc5csc(N)n5)c(Cl)c4)c23)CC1. The first kappa shape index (κ1) is 22.6. The first-order chi connectivity index (χ1) is 16.5. The highest BCUT2D eigenvalue weighted by Crippen LogP contribution is 2.35. The number of benzene rings is 2. The van der Waals surface area contributed by atoms with E-state index in [1.165, 1.54) is 11.3 Å². The van der Waals surface area contributed by atoms with Crippen molar-refractivity contribution in [2.75, 3.05) is 31.2 Å². The number of anilines is 3. The maximum Gasteiger partial charge on any atom is 0.180 e. The van der Waals surface area contributed by atoms with Gasteiger partial charge in [0.1, 0.15) is 36.4 Å². The number of rotatable bonds is 7. The Hall–Kier alpha value is -3.14. The number of fused-ring (bicyclic) bond motifs is 1. The summed E-state index contributed by atoms with van der Waals surface area (Å²) in [6, 6.07) is 11.4. The summed E-state index contributed by atoms with van der Waals surface area (Å²) >= 11 is 7.87. The molecule has 176 valence electrons. The number of nitrogens with zero attached hydrogens (tertiary/aromatic N) is 4. The molecule has 4 aromatic rings. The quantitative estimate of drug-likeness (QED) is 0.364. The van der Waals surface area contributed by atoms with Crippen LogP contribution in [0.4, 0.5) is 16.6 Å². The Labute approximate surface area is 206 Å². The number of nitrogens with one attached hydrogen (secondary N) is 1. The van der Waals surface area contributed by atoms with E-state index in [-0.39, 0.29) is 6.10 Å². The lowest BCUT2D eigenvalue weighted by molar-refractivity contribution is 0.116. The van der Waals surface area contributed by atoms with Crippen LogP contribution in [-0.4, -0.2) is 46.1 Å². The van der Waals surface area contributed by atoms with Gasteiger partial charge in [-0.2, -0.15) is 0 Å². The number of halogens is 1. The molecule has 2 aromatic carbocycles. The largest absolute Gasteiger partial charge is 0.489 e. The molecule has 5 rings (SSSR count). The van der Waals surface area contributed by atoms with Crippen molar-refractivity contribution in [2.45, 2.75) is 25.6 Å². The van der Waals surface area contributed by atoms with Gasteiger partial charge in [0, 0.05) is 24.2 Å². The lowest BCUT2D eigenvalue weighted by Crippen LogP contribution is -2.35. The third-order valence-corrected chi connectivity index (χ3v) is 6.74. The van der Waals surface area contributed by atoms with Gasteiger partial charge in [-0.05, 0) is 50.2 Å². The summed E-state index contributed by atoms with van der Waals surface area (Å²) in [6.07, 6.45) is 3.71. The molecule has 0 bridgehead atoms. The molecular weight excluding hydrogens is 472 g/mol. The van der Waals surface area contributed by atoms with Gasteiger partial charge >= 0.3 is 0 Å². The molecule has 1 aliphatic rings. The molecule has 0 spiro atoms. The predicted molar refractivity (Wildman–Crippen MR) is 136 cm³/mol. The number of likely N-dealkylation sites (tertiary alicyclic amines) is 1. The summed E-state index contributed by atoms with van der Waals surface area (Å²) in [5.74, 6) is 2.01. The number of ether oxygens (including phenoxy) is 2. The fourth-order valence-electron chi connectivity index (χ4n) is 3.93. The van der Waals surface area contributed by atoms with E-state index in [0.717, 1.165) is 54.0 Å². The Balaban J connectivity index is 1.35. The van der Waals surface area contributed by atoms with Gasteiger partial charge < -0.3 is 25.4 Å². The van der Waals surface area contributed by atoms with Crippen molar-refractivity contribution >= 4 is 50.5 Å². The molecule has 0 aliphatic carbocycles. The Morgan fingerprint density at radius 2 is 2.03 bits per heavy atom. The average Bonchev–Trinajstić information content (AvgIpc) is 3.25. The van der Waals surface area contributed by atoms with Gasteiger partial charge in [-0.15, -0.1) is 11.3 Å². The van der Waals surface area contributed by atoms with Crippen LogP contribution >= 0.6 is 22.9 Å². The molecule has 10 heteroatoms. The van der Waals surface area contributed by atoms with Crippen LogP contribution in [0.15, 0.2) is 48.1 Å². The molecule has 8 nitrogen and oxygen atoms in total. The topological polar surface area (TPSA) is 98.4 Å². The molecular formula is C24H25ClN6O2S. The fourth-order valence-corrected chi connectivity index (χ4v) is 4.71. The Bertz CT molecular complexity index is 1290. The van der Waals surface area contributed by atoms with Crippen LogP contribution in [-0.2, 0) is 6.61 Å². The van der Waals surface area contributed by atoms with Crippen LogP contribution in [0.3, 0.4) is 0 Å². The summed E-state index contributed by atoms with van der Waals surface area (Å²) in [4.78, 5) is 15.5. The lowest BCUT2D eigenvalue weighted by atomic mass is 10.1. The van der Waals surface area contributed by atoms with Gasteiger partial charge in [0.05, 0.1) is 21.6 Å². The average molecular weight is 497 g/mol. The molecule has 1 fully saturated rings. The standard InChI is InChI=1S/C24H25ClN6O2S/c1-31-9-7-17(8-10-31)33-21-4-2-3-19-22(21)23(28-14-27-19)29-15-5-6-20(18(25)11-15)32-12-16-13-34-24(26)30-16/h2-6,11,13-14,17H,7-10,12H2,1H3,(H2,26,30)(H,27,28,29). The molecule has 34 heavy (non-hydrogen) atoms. The minimum absolute atomic E-state index is 0.175. The highest BCUT2D eigenvalue weighted by molar-refractivity contribution is 7.13. The Morgan fingerprint density at radius 1 is 1.18 bits per heavy atom. The predicted octanol–water partition coefficient (Wildman–Crippen LogP) is 5.12. The van der Waals surface area contributed by atoms with Crippen LogP contribution in [0, 0.1) is 0 Å². The van der Waals surface area contributed by atoms with Gasteiger partial charge in [0.2, 0.25) is 0 Å². The number of nitrogens with two attached hydrogens (primary N) is 1. The third-order valence-electron chi connectivity index (χ3n) is 5.72. The Morgan fingerprint density at radius 3 is 2.79 bits per heavy atom. The summed E-state index contributed by atoms with van der Waals surface area (Å²) < 4.78 is 12.2. The zero-order valence-electron chi connectivity index (χ0n) is 18.7.